The quantitative estimate of drug-likeness (QED) is 0.818. The van der Waals surface area contributed by atoms with Crippen LogP contribution in [0.25, 0.3) is 0 Å². The molecule has 0 unspecified atom stereocenters. The second-order valence-corrected chi connectivity index (χ2v) is 5.56. The number of hydrogen-bond donors (Lipinski definition) is 1. The highest BCUT2D eigenvalue weighted by Gasteiger charge is 2.25. The fourth-order valence-corrected chi connectivity index (χ4v) is 1.58. The maximum absolute atomic E-state index is 12.3. The molecule has 7 nitrogen and oxygen atoms in total. The van der Waals surface area contributed by atoms with Crippen LogP contribution in [0.1, 0.15) is 50.6 Å². The number of amides is 1. The van der Waals surface area contributed by atoms with Crippen LogP contribution in [0.5, 0.6) is 0 Å². The molecule has 0 aliphatic heterocycles. The van der Waals surface area contributed by atoms with Gasteiger partial charge in [0.15, 0.2) is 0 Å². The molecule has 0 aliphatic carbocycles. The Morgan fingerprint density at radius 3 is 2.45 bits per heavy atom. The molecule has 0 spiro atoms. The van der Waals surface area contributed by atoms with Gasteiger partial charge in [0.2, 0.25) is 5.82 Å². The molecule has 0 radical (unpaired) electrons. The number of aromatic nitrogens is 3. The third kappa shape index (κ3) is 4.04. The molecule has 0 atom stereocenters. The predicted octanol–water partition coefficient (Wildman–Crippen LogP) is 1.13. The molecule has 20 heavy (non-hydrogen) atoms. The van der Waals surface area contributed by atoms with E-state index in [2.05, 4.69) is 19.9 Å². The number of esters is 1. The van der Waals surface area contributed by atoms with Gasteiger partial charge in [0, 0.05) is 12.0 Å². The van der Waals surface area contributed by atoms with Gasteiger partial charge in [-0.2, -0.15) is 0 Å². The second kappa shape index (κ2) is 6.49. The summed E-state index contributed by atoms with van der Waals surface area (Å²) in [6.07, 6.45) is 0.735. The van der Waals surface area contributed by atoms with Crippen molar-refractivity contribution in [3.05, 3.63) is 11.6 Å². The van der Waals surface area contributed by atoms with Crippen molar-refractivity contribution in [2.75, 3.05) is 20.2 Å². The van der Waals surface area contributed by atoms with Crippen molar-refractivity contribution in [1.82, 2.24) is 20.1 Å². The fourth-order valence-electron chi connectivity index (χ4n) is 1.58. The Morgan fingerprint density at radius 2 is 2.00 bits per heavy atom. The molecule has 1 rings (SSSR count). The molecule has 0 aromatic carbocycles. The van der Waals surface area contributed by atoms with Crippen molar-refractivity contribution in [2.24, 2.45) is 0 Å². The highest BCUT2D eigenvalue weighted by atomic mass is 16.5. The average Bonchev–Trinajstić information content (AvgIpc) is 2.86. The van der Waals surface area contributed by atoms with Crippen molar-refractivity contribution < 1.29 is 14.3 Å². The molecule has 112 valence electrons. The third-order valence-corrected chi connectivity index (χ3v) is 2.72. The zero-order valence-corrected chi connectivity index (χ0v) is 12.7. The number of nitrogens with zero attached hydrogens (tertiary/aromatic N) is 3. The molecular weight excluding hydrogens is 260 g/mol. The van der Waals surface area contributed by atoms with E-state index in [1.165, 1.54) is 12.0 Å². The summed E-state index contributed by atoms with van der Waals surface area (Å²) in [5.41, 5.74) is -0.219. The summed E-state index contributed by atoms with van der Waals surface area (Å²) in [5.74, 6) is -0.120. The SMILES string of the molecule is CCCN(CC(=O)OC)C(=O)c1n[nH]c(C(C)(C)C)n1. The summed E-state index contributed by atoms with van der Waals surface area (Å²) in [7, 11) is 1.29. The minimum Gasteiger partial charge on any atom is -0.468 e. The molecule has 1 aromatic heterocycles. The summed E-state index contributed by atoms with van der Waals surface area (Å²) in [4.78, 5) is 29.2. The van der Waals surface area contributed by atoms with Gasteiger partial charge in [0.05, 0.1) is 7.11 Å². The Kier molecular flexibility index (Phi) is 5.24. The first kappa shape index (κ1) is 16.1. The molecule has 7 heteroatoms. The number of nitrogens with one attached hydrogen (secondary N) is 1. The predicted molar refractivity (Wildman–Crippen MR) is 73.3 cm³/mol. The van der Waals surface area contributed by atoms with Crippen molar-refractivity contribution in [1.29, 1.82) is 0 Å². The minimum absolute atomic E-state index is 0.0762. The van der Waals surface area contributed by atoms with E-state index >= 15 is 0 Å². The zero-order chi connectivity index (χ0) is 15.3. The van der Waals surface area contributed by atoms with Crippen molar-refractivity contribution in [3.8, 4) is 0 Å². The molecule has 1 heterocycles. The number of carbonyl (C=O) groups excluding carboxylic acids is 2. The van der Waals surface area contributed by atoms with E-state index in [-0.39, 0.29) is 23.7 Å². The molecule has 1 N–H and O–H groups in total. The highest BCUT2D eigenvalue weighted by molar-refractivity contribution is 5.92. The fraction of sp³-hybridized carbons (Fsp3) is 0.692. The van der Waals surface area contributed by atoms with E-state index in [4.69, 9.17) is 0 Å². The minimum atomic E-state index is -0.460. The first-order valence-corrected chi connectivity index (χ1v) is 6.58. The van der Waals surface area contributed by atoms with Crippen LogP contribution < -0.4 is 0 Å². The van der Waals surface area contributed by atoms with E-state index in [9.17, 15) is 9.59 Å². The lowest BCUT2D eigenvalue weighted by atomic mass is 9.96. The molecule has 0 saturated carbocycles. The van der Waals surface area contributed by atoms with E-state index in [0.717, 1.165) is 6.42 Å². The van der Waals surface area contributed by atoms with Gasteiger partial charge >= 0.3 is 5.97 Å². The number of carbonyl (C=O) groups is 2. The molecule has 0 aliphatic rings. The van der Waals surface area contributed by atoms with Crippen molar-refractivity contribution in [3.63, 3.8) is 0 Å². The van der Waals surface area contributed by atoms with E-state index in [1.807, 2.05) is 27.7 Å². The van der Waals surface area contributed by atoms with Crippen LogP contribution in [0.15, 0.2) is 0 Å². The van der Waals surface area contributed by atoms with Gasteiger partial charge in [0.25, 0.3) is 5.91 Å². The largest absolute Gasteiger partial charge is 0.468 e. The summed E-state index contributed by atoms with van der Waals surface area (Å²) in [5, 5.41) is 6.71. The number of H-pyrrole nitrogens is 1. The first-order chi connectivity index (χ1) is 9.29. The Morgan fingerprint density at radius 1 is 1.35 bits per heavy atom. The molecule has 0 bridgehead atoms. The number of ether oxygens (including phenoxy) is 1. The molecule has 1 aromatic rings. The lowest BCUT2D eigenvalue weighted by Crippen LogP contribution is -2.37. The van der Waals surface area contributed by atoms with E-state index < -0.39 is 5.97 Å². The van der Waals surface area contributed by atoms with Crippen molar-refractivity contribution >= 4 is 11.9 Å². The maximum atomic E-state index is 12.3. The van der Waals surface area contributed by atoms with Gasteiger partial charge in [-0.15, -0.1) is 5.10 Å². The van der Waals surface area contributed by atoms with E-state index in [0.29, 0.717) is 12.4 Å². The summed E-state index contributed by atoms with van der Waals surface area (Å²) in [6.45, 7) is 8.20. The van der Waals surface area contributed by atoms with Gasteiger partial charge in [-0.25, -0.2) is 4.98 Å². The van der Waals surface area contributed by atoms with Crippen LogP contribution >= 0.6 is 0 Å². The van der Waals surface area contributed by atoms with Gasteiger partial charge in [-0.3, -0.25) is 14.7 Å². The standard InChI is InChI=1S/C13H22N4O3/c1-6-7-17(8-9(18)20-5)11(19)10-14-12(16-15-10)13(2,3)4/h6-8H2,1-5H3,(H,14,15,16). The van der Waals surface area contributed by atoms with Crippen LogP contribution in [0.2, 0.25) is 0 Å². The van der Waals surface area contributed by atoms with Gasteiger partial charge in [-0.05, 0) is 6.42 Å². The van der Waals surface area contributed by atoms with Crippen LogP contribution in [-0.2, 0) is 14.9 Å². The highest BCUT2D eigenvalue weighted by Crippen LogP contribution is 2.17. The molecule has 0 saturated heterocycles. The van der Waals surface area contributed by atoms with E-state index in [1.54, 1.807) is 0 Å². The number of methoxy groups -OCH3 is 1. The number of rotatable bonds is 5. The summed E-state index contributed by atoms with van der Waals surface area (Å²) in [6, 6.07) is 0. The van der Waals surface area contributed by atoms with Gasteiger partial charge < -0.3 is 9.64 Å². The maximum Gasteiger partial charge on any atom is 0.325 e. The molecule has 1 amide bonds. The lowest BCUT2D eigenvalue weighted by Gasteiger charge is -2.19. The lowest BCUT2D eigenvalue weighted by molar-refractivity contribution is -0.141. The monoisotopic (exact) mass is 282 g/mol. The second-order valence-electron chi connectivity index (χ2n) is 5.56. The van der Waals surface area contributed by atoms with Crippen LogP contribution in [0.4, 0.5) is 0 Å². The smallest absolute Gasteiger partial charge is 0.325 e. The normalized spacial score (nSPS) is 11.2. The Hall–Kier alpha value is -1.92. The van der Waals surface area contributed by atoms with Crippen LogP contribution in [-0.4, -0.2) is 52.2 Å². The van der Waals surface area contributed by atoms with Gasteiger partial charge in [-0.1, -0.05) is 27.7 Å². The zero-order valence-electron chi connectivity index (χ0n) is 12.7. The molecular formula is C13H22N4O3. The Labute approximate surface area is 118 Å². The topological polar surface area (TPSA) is 88.2 Å². The molecule has 0 fully saturated rings. The Balaban J connectivity index is 2.89. The van der Waals surface area contributed by atoms with Crippen LogP contribution in [0, 0.1) is 0 Å². The number of hydrogen-bond acceptors (Lipinski definition) is 5. The average molecular weight is 282 g/mol. The first-order valence-electron chi connectivity index (χ1n) is 6.58. The third-order valence-electron chi connectivity index (χ3n) is 2.72. The van der Waals surface area contributed by atoms with Gasteiger partial charge in [0.1, 0.15) is 12.4 Å². The Bertz CT molecular complexity index is 476. The summed E-state index contributed by atoms with van der Waals surface area (Å²) >= 11 is 0. The van der Waals surface area contributed by atoms with Crippen LogP contribution in [0.3, 0.4) is 0 Å². The van der Waals surface area contributed by atoms with Crippen molar-refractivity contribution in [2.45, 2.75) is 39.5 Å². The summed E-state index contributed by atoms with van der Waals surface area (Å²) < 4.78 is 4.59. The number of aromatic amines is 1.